The third-order valence-corrected chi connectivity index (χ3v) is 3.00. The van der Waals surface area contributed by atoms with E-state index < -0.39 is 0 Å². The molecule has 0 unspecified atom stereocenters. The highest BCUT2D eigenvalue weighted by Gasteiger charge is 1.98. The van der Waals surface area contributed by atoms with Gasteiger partial charge in [0.2, 0.25) is 0 Å². The van der Waals surface area contributed by atoms with E-state index >= 15 is 0 Å². The van der Waals surface area contributed by atoms with Crippen molar-refractivity contribution >= 4 is 5.97 Å². The van der Waals surface area contributed by atoms with Crippen molar-refractivity contribution in [2.24, 2.45) is 0 Å². The Hall–Kier alpha value is -0.570. The molecular formula is C15H31NO2. The molecule has 0 aliphatic rings. The maximum atomic E-state index is 11.0. The van der Waals surface area contributed by atoms with Crippen molar-refractivity contribution in [3.05, 3.63) is 0 Å². The Bertz CT molecular complexity index is 183. The summed E-state index contributed by atoms with van der Waals surface area (Å²) in [4.78, 5) is 11.0. The zero-order valence-corrected chi connectivity index (χ0v) is 12.3. The first kappa shape index (κ1) is 17.4. The SMILES string of the molecule is CCCCCCCCCCNCOC(=O)CCC. The molecule has 0 saturated heterocycles. The molecule has 0 aliphatic carbocycles. The van der Waals surface area contributed by atoms with Crippen molar-refractivity contribution < 1.29 is 9.53 Å². The van der Waals surface area contributed by atoms with E-state index in [0.29, 0.717) is 13.2 Å². The van der Waals surface area contributed by atoms with E-state index in [0.717, 1.165) is 13.0 Å². The molecule has 0 radical (unpaired) electrons. The quantitative estimate of drug-likeness (QED) is 0.308. The maximum Gasteiger partial charge on any atom is 0.307 e. The lowest BCUT2D eigenvalue weighted by Crippen LogP contribution is -2.21. The fourth-order valence-corrected chi connectivity index (χ4v) is 1.86. The highest BCUT2D eigenvalue weighted by molar-refractivity contribution is 5.69. The lowest BCUT2D eigenvalue weighted by Gasteiger charge is -2.06. The molecule has 3 heteroatoms. The Morgan fingerprint density at radius 3 is 2.11 bits per heavy atom. The monoisotopic (exact) mass is 257 g/mol. The summed E-state index contributed by atoms with van der Waals surface area (Å²) >= 11 is 0. The van der Waals surface area contributed by atoms with Crippen LogP contribution in [-0.2, 0) is 9.53 Å². The number of hydrogen-bond acceptors (Lipinski definition) is 3. The van der Waals surface area contributed by atoms with Crippen LogP contribution in [0.3, 0.4) is 0 Å². The van der Waals surface area contributed by atoms with Gasteiger partial charge in [0.25, 0.3) is 0 Å². The zero-order valence-electron chi connectivity index (χ0n) is 12.3. The van der Waals surface area contributed by atoms with E-state index in [9.17, 15) is 4.79 Å². The summed E-state index contributed by atoms with van der Waals surface area (Å²) in [5.74, 6) is -0.0964. The highest BCUT2D eigenvalue weighted by atomic mass is 16.5. The van der Waals surface area contributed by atoms with Gasteiger partial charge < -0.3 is 4.74 Å². The van der Waals surface area contributed by atoms with Gasteiger partial charge in [-0.2, -0.15) is 0 Å². The molecule has 1 N–H and O–H groups in total. The van der Waals surface area contributed by atoms with E-state index in [-0.39, 0.29) is 5.97 Å². The van der Waals surface area contributed by atoms with Crippen LogP contribution >= 0.6 is 0 Å². The minimum atomic E-state index is -0.0964. The fraction of sp³-hybridized carbons (Fsp3) is 0.933. The topological polar surface area (TPSA) is 38.3 Å². The predicted molar refractivity (Wildman–Crippen MR) is 76.5 cm³/mol. The molecule has 0 aromatic heterocycles. The van der Waals surface area contributed by atoms with E-state index in [1.165, 1.54) is 51.4 Å². The van der Waals surface area contributed by atoms with Gasteiger partial charge in [-0.05, 0) is 19.4 Å². The largest absolute Gasteiger partial charge is 0.450 e. The Labute approximate surface area is 113 Å². The second kappa shape index (κ2) is 14.5. The van der Waals surface area contributed by atoms with E-state index in [1.54, 1.807) is 0 Å². The van der Waals surface area contributed by atoms with Crippen LogP contribution in [-0.4, -0.2) is 19.2 Å². The summed E-state index contributed by atoms with van der Waals surface area (Å²) in [5, 5.41) is 3.14. The summed E-state index contributed by atoms with van der Waals surface area (Å²) in [7, 11) is 0. The van der Waals surface area contributed by atoms with Gasteiger partial charge in [0.05, 0.1) is 0 Å². The van der Waals surface area contributed by atoms with Crippen LogP contribution in [0.2, 0.25) is 0 Å². The van der Waals surface area contributed by atoms with Crippen molar-refractivity contribution in [2.75, 3.05) is 13.3 Å². The molecule has 3 nitrogen and oxygen atoms in total. The van der Waals surface area contributed by atoms with Gasteiger partial charge in [-0.1, -0.05) is 58.8 Å². The average Bonchev–Trinajstić information content (AvgIpc) is 2.36. The molecule has 0 atom stereocenters. The third-order valence-electron chi connectivity index (χ3n) is 3.00. The van der Waals surface area contributed by atoms with Crippen LogP contribution < -0.4 is 5.32 Å². The average molecular weight is 257 g/mol. The summed E-state index contributed by atoms with van der Waals surface area (Å²) in [5.41, 5.74) is 0. The number of hydrogen-bond donors (Lipinski definition) is 1. The molecule has 18 heavy (non-hydrogen) atoms. The number of nitrogens with one attached hydrogen (secondary N) is 1. The van der Waals surface area contributed by atoms with Crippen molar-refractivity contribution in [3.8, 4) is 0 Å². The van der Waals surface area contributed by atoms with Gasteiger partial charge in [0.1, 0.15) is 6.73 Å². The van der Waals surface area contributed by atoms with E-state index in [2.05, 4.69) is 12.2 Å². The lowest BCUT2D eigenvalue weighted by atomic mass is 10.1. The first-order valence-electron chi connectivity index (χ1n) is 7.67. The fourth-order valence-electron chi connectivity index (χ4n) is 1.86. The van der Waals surface area contributed by atoms with Crippen LogP contribution in [0.25, 0.3) is 0 Å². The second-order valence-corrected chi connectivity index (χ2v) is 4.89. The Morgan fingerprint density at radius 2 is 1.50 bits per heavy atom. The minimum absolute atomic E-state index is 0.0964. The molecule has 0 fully saturated rings. The third kappa shape index (κ3) is 13.5. The summed E-state index contributed by atoms with van der Waals surface area (Å²) < 4.78 is 5.00. The summed E-state index contributed by atoms with van der Waals surface area (Å²) in [6.45, 7) is 5.55. The maximum absolute atomic E-state index is 11.0. The van der Waals surface area contributed by atoms with Crippen molar-refractivity contribution in [1.82, 2.24) is 5.32 Å². The second-order valence-electron chi connectivity index (χ2n) is 4.89. The molecule has 0 aliphatic heterocycles. The standard InChI is InChI=1S/C15H31NO2/c1-3-5-6-7-8-9-10-11-13-16-14-18-15(17)12-4-2/h16H,3-14H2,1-2H3. The molecule has 0 aromatic carbocycles. The van der Waals surface area contributed by atoms with Crippen LogP contribution in [0.15, 0.2) is 0 Å². The molecule has 108 valence electrons. The van der Waals surface area contributed by atoms with Crippen LogP contribution in [0, 0.1) is 0 Å². The number of carbonyl (C=O) groups is 1. The minimum Gasteiger partial charge on any atom is -0.450 e. The Kier molecular flexibility index (Phi) is 14.0. The van der Waals surface area contributed by atoms with E-state index in [1.807, 2.05) is 6.92 Å². The van der Waals surface area contributed by atoms with Crippen molar-refractivity contribution in [3.63, 3.8) is 0 Å². The summed E-state index contributed by atoms with van der Waals surface area (Å²) in [6, 6.07) is 0. The van der Waals surface area contributed by atoms with Gasteiger partial charge in [-0.15, -0.1) is 0 Å². The molecule has 0 rings (SSSR count). The molecule has 0 bridgehead atoms. The number of ether oxygens (including phenoxy) is 1. The van der Waals surface area contributed by atoms with Gasteiger partial charge in [-0.3, -0.25) is 10.1 Å². The zero-order chi connectivity index (χ0) is 13.5. The van der Waals surface area contributed by atoms with Gasteiger partial charge in [0.15, 0.2) is 0 Å². The highest BCUT2D eigenvalue weighted by Crippen LogP contribution is 2.07. The number of esters is 1. The number of unbranched alkanes of at least 4 members (excludes halogenated alkanes) is 7. The Balaban J connectivity index is 3.01. The van der Waals surface area contributed by atoms with Crippen molar-refractivity contribution in [2.45, 2.75) is 78.1 Å². The molecule has 0 saturated carbocycles. The van der Waals surface area contributed by atoms with Crippen LogP contribution in [0.1, 0.15) is 78.1 Å². The molecule has 0 aromatic rings. The van der Waals surface area contributed by atoms with Gasteiger partial charge in [-0.25, -0.2) is 0 Å². The molecule has 0 heterocycles. The first-order chi connectivity index (χ1) is 8.81. The number of rotatable bonds is 13. The molecule has 0 spiro atoms. The lowest BCUT2D eigenvalue weighted by molar-refractivity contribution is -0.144. The van der Waals surface area contributed by atoms with Crippen LogP contribution in [0.4, 0.5) is 0 Å². The normalized spacial score (nSPS) is 10.6. The number of carbonyl (C=O) groups excluding carboxylic acids is 1. The smallest absolute Gasteiger partial charge is 0.307 e. The molecule has 0 amide bonds. The predicted octanol–water partition coefficient (Wildman–Crippen LogP) is 4.02. The summed E-state index contributed by atoms with van der Waals surface area (Å²) in [6.07, 6.45) is 12.0. The van der Waals surface area contributed by atoms with E-state index in [4.69, 9.17) is 4.74 Å². The Morgan fingerprint density at radius 1 is 0.889 bits per heavy atom. The first-order valence-corrected chi connectivity index (χ1v) is 7.67. The van der Waals surface area contributed by atoms with Crippen molar-refractivity contribution in [1.29, 1.82) is 0 Å². The van der Waals surface area contributed by atoms with Crippen LogP contribution in [0.5, 0.6) is 0 Å². The van der Waals surface area contributed by atoms with Gasteiger partial charge in [0, 0.05) is 6.42 Å². The molecular weight excluding hydrogens is 226 g/mol. The van der Waals surface area contributed by atoms with Gasteiger partial charge >= 0.3 is 5.97 Å².